The van der Waals surface area contributed by atoms with Crippen LogP contribution in [0.15, 0.2) is 18.2 Å². The van der Waals surface area contributed by atoms with Crippen LogP contribution in [0.25, 0.3) is 6.08 Å². The minimum absolute atomic E-state index is 0.0786. The molecule has 0 aliphatic rings. The number of ether oxygens (including phenoxy) is 1. The predicted octanol–water partition coefficient (Wildman–Crippen LogP) is 3.77. The fourth-order valence-electron chi connectivity index (χ4n) is 1.11. The van der Waals surface area contributed by atoms with E-state index in [4.69, 9.17) is 0 Å². The van der Waals surface area contributed by atoms with E-state index in [1.165, 1.54) is 19.2 Å². The van der Waals surface area contributed by atoms with Crippen molar-refractivity contribution in [3.05, 3.63) is 35.4 Å². The number of alkyl halides is 1. The van der Waals surface area contributed by atoms with Gasteiger partial charge in [0.15, 0.2) is 11.6 Å². The molecule has 1 aromatic carbocycles. The van der Waals surface area contributed by atoms with E-state index in [0.29, 0.717) is 0 Å². The summed E-state index contributed by atoms with van der Waals surface area (Å²) in [7, 11) is 1.30. The highest BCUT2D eigenvalue weighted by Gasteiger charge is 2.11. The van der Waals surface area contributed by atoms with Crippen molar-refractivity contribution in [3.8, 4) is 5.75 Å². The molecule has 0 fully saturated rings. The molecule has 1 nitrogen and oxygen atoms in total. The normalized spacial score (nSPS) is 10.9. The summed E-state index contributed by atoms with van der Waals surface area (Å²) >= 11 is 3.24. The average Bonchev–Trinajstić information content (AvgIpc) is 2.25. The van der Waals surface area contributed by atoms with Gasteiger partial charge in [-0.1, -0.05) is 28.1 Å². The van der Waals surface area contributed by atoms with Gasteiger partial charge >= 0.3 is 0 Å². The molecule has 1 rings (SSSR count). The third-order valence-corrected chi connectivity index (χ3v) is 2.33. The van der Waals surface area contributed by atoms with E-state index in [0.717, 1.165) is 11.8 Å². The highest BCUT2D eigenvalue weighted by Crippen LogP contribution is 2.23. The first-order valence-corrected chi connectivity index (χ1v) is 5.57. The Balaban J connectivity index is 2.96. The summed E-state index contributed by atoms with van der Waals surface area (Å²) in [6.45, 7) is 0. The first kappa shape index (κ1) is 12.2. The second-order valence-corrected chi connectivity index (χ2v) is 3.66. The van der Waals surface area contributed by atoms with Gasteiger partial charge in [0.1, 0.15) is 0 Å². The van der Waals surface area contributed by atoms with Gasteiger partial charge in [-0.3, -0.25) is 0 Å². The van der Waals surface area contributed by atoms with E-state index in [9.17, 15) is 8.78 Å². The summed E-state index contributed by atoms with van der Waals surface area (Å²) in [5.74, 6) is -1.90. The van der Waals surface area contributed by atoms with Gasteiger partial charge in [-0.15, -0.1) is 0 Å². The maximum atomic E-state index is 13.4. The molecule has 0 saturated heterocycles. The lowest BCUT2D eigenvalue weighted by atomic mass is 10.1. The highest BCUT2D eigenvalue weighted by molar-refractivity contribution is 9.09. The zero-order chi connectivity index (χ0) is 11.3. The predicted molar refractivity (Wildman–Crippen MR) is 60.4 cm³/mol. The maximum absolute atomic E-state index is 13.4. The average molecular weight is 277 g/mol. The van der Waals surface area contributed by atoms with Gasteiger partial charge < -0.3 is 4.74 Å². The number of benzene rings is 1. The molecule has 0 aromatic heterocycles. The molecule has 0 radical (unpaired) electrons. The van der Waals surface area contributed by atoms with Gasteiger partial charge in [-0.2, -0.15) is 4.39 Å². The minimum atomic E-state index is -0.946. The Bertz CT molecular complexity index is 364. The van der Waals surface area contributed by atoms with Gasteiger partial charge in [0.2, 0.25) is 5.82 Å². The molecule has 0 amide bonds. The van der Waals surface area contributed by atoms with E-state index in [1.807, 2.05) is 0 Å². The van der Waals surface area contributed by atoms with E-state index in [2.05, 4.69) is 20.7 Å². The summed E-state index contributed by atoms with van der Waals surface area (Å²) in [5, 5.41) is 0.795. The number of allylic oxidation sites excluding steroid dienone is 1. The van der Waals surface area contributed by atoms with Crippen molar-refractivity contribution in [3.63, 3.8) is 0 Å². The van der Waals surface area contributed by atoms with Crippen molar-refractivity contribution >= 4 is 22.0 Å². The third kappa shape index (κ3) is 3.02. The molecule has 0 aliphatic heterocycles. The Morgan fingerprint density at radius 1 is 1.33 bits per heavy atom. The molecule has 0 heterocycles. The van der Waals surface area contributed by atoms with Crippen LogP contribution in [0.2, 0.25) is 0 Å². The van der Waals surface area contributed by atoms with Crippen LogP contribution in [0.3, 0.4) is 0 Å². The molecule has 0 atom stereocenters. The van der Waals surface area contributed by atoms with Gasteiger partial charge in [0, 0.05) is 10.9 Å². The minimum Gasteiger partial charge on any atom is -0.494 e. The van der Waals surface area contributed by atoms with E-state index in [-0.39, 0.29) is 11.3 Å². The molecule has 0 unspecified atom stereocenters. The lowest BCUT2D eigenvalue weighted by Crippen LogP contribution is -1.94. The molecule has 0 bridgehead atoms. The quantitative estimate of drug-likeness (QED) is 0.761. The van der Waals surface area contributed by atoms with Crippen LogP contribution < -0.4 is 4.74 Å². The second kappa shape index (κ2) is 5.85. The molecule has 4 heteroatoms. The molecule has 0 saturated carbocycles. The van der Waals surface area contributed by atoms with Crippen molar-refractivity contribution in [2.45, 2.75) is 6.42 Å². The number of rotatable bonds is 4. The molecule has 0 aliphatic carbocycles. The summed E-state index contributed by atoms with van der Waals surface area (Å²) in [6, 6.07) is 2.90. The van der Waals surface area contributed by atoms with Crippen molar-refractivity contribution in [1.82, 2.24) is 0 Å². The van der Waals surface area contributed by atoms with Crippen molar-refractivity contribution in [2.24, 2.45) is 0 Å². The molecular weight excluding hydrogens is 266 g/mol. The van der Waals surface area contributed by atoms with Crippen LogP contribution >= 0.6 is 15.9 Å². The van der Waals surface area contributed by atoms with Gasteiger partial charge in [-0.25, -0.2) is 4.39 Å². The van der Waals surface area contributed by atoms with E-state index < -0.39 is 11.6 Å². The lowest BCUT2D eigenvalue weighted by molar-refractivity contribution is 0.371. The van der Waals surface area contributed by atoms with Crippen LogP contribution in [0, 0.1) is 11.6 Å². The smallest absolute Gasteiger partial charge is 0.201 e. The van der Waals surface area contributed by atoms with E-state index in [1.54, 1.807) is 12.2 Å². The number of methoxy groups -OCH3 is 1. The van der Waals surface area contributed by atoms with Crippen molar-refractivity contribution < 1.29 is 13.5 Å². The zero-order valence-electron chi connectivity index (χ0n) is 8.27. The summed E-state index contributed by atoms with van der Waals surface area (Å²) in [4.78, 5) is 0. The number of halogens is 3. The van der Waals surface area contributed by atoms with Crippen LogP contribution in [0.5, 0.6) is 5.75 Å². The molecule has 0 spiro atoms. The summed E-state index contributed by atoms with van der Waals surface area (Å²) in [6.07, 6.45) is 4.10. The first-order valence-electron chi connectivity index (χ1n) is 4.45. The lowest BCUT2D eigenvalue weighted by Gasteiger charge is -2.04. The molecule has 0 N–H and O–H groups in total. The molecular formula is C11H11BrF2O. The number of hydrogen-bond donors (Lipinski definition) is 0. The Morgan fingerprint density at radius 3 is 2.67 bits per heavy atom. The first-order chi connectivity index (χ1) is 7.20. The second-order valence-electron chi connectivity index (χ2n) is 2.87. The molecule has 1 aromatic rings. The van der Waals surface area contributed by atoms with Gasteiger partial charge in [-0.05, 0) is 18.6 Å². The Hall–Kier alpha value is -0.900. The van der Waals surface area contributed by atoms with Crippen LogP contribution in [-0.2, 0) is 0 Å². The largest absolute Gasteiger partial charge is 0.494 e. The zero-order valence-corrected chi connectivity index (χ0v) is 9.85. The summed E-state index contributed by atoms with van der Waals surface area (Å²) < 4.78 is 31.2. The van der Waals surface area contributed by atoms with E-state index >= 15 is 0 Å². The van der Waals surface area contributed by atoms with Crippen LogP contribution in [0.1, 0.15) is 12.0 Å². The highest BCUT2D eigenvalue weighted by atomic mass is 79.9. The van der Waals surface area contributed by atoms with Gasteiger partial charge in [0.25, 0.3) is 0 Å². The Kier molecular flexibility index (Phi) is 4.75. The van der Waals surface area contributed by atoms with Crippen LogP contribution in [-0.4, -0.2) is 12.4 Å². The fraction of sp³-hybridized carbons (Fsp3) is 0.273. The van der Waals surface area contributed by atoms with Crippen LogP contribution in [0.4, 0.5) is 8.78 Å². The Labute approximate surface area is 95.9 Å². The topological polar surface area (TPSA) is 9.23 Å². The Morgan fingerprint density at radius 2 is 2.07 bits per heavy atom. The fourth-order valence-corrected chi connectivity index (χ4v) is 1.37. The summed E-state index contributed by atoms with van der Waals surface area (Å²) in [5.41, 5.74) is 0.231. The standard InChI is InChI=1S/C11H11BrF2O/c1-15-9-6-5-8(4-2-3-7-12)10(13)11(9)14/h2,4-6H,3,7H2,1H3. The molecule has 15 heavy (non-hydrogen) atoms. The maximum Gasteiger partial charge on any atom is 0.201 e. The third-order valence-electron chi connectivity index (χ3n) is 1.87. The van der Waals surface area contributed by atoms with Crippen molar-refractivity contribution in [2.75, 3.05) is 12.4 Å². The monoisotopic (exact) mass is 276 g/mol. The number of hydrogen-bond acceptors (Lipinski definition) is 1. The van der Waals surface area contributed by atoms with Gasteiger partial charge in [0.05, 0.1) is 7.11 Å². The SMILES string of the molecule is COc1ccc(C=CCCBr)c(F)c1F. The van der Waals surface area contributed by atoms with Crippen molar-refractivity contribution in [1.29, 1.82) is 0 Å². The molecule has 82 valence electrons.